The minimum Gasteiger partial charge on any atom is -0.354 e. The first-order valence-electron chi connectivity index (χ1n) is 5.80. The van der Waals surface area contributed by atoms with E-state index in [2.05, 4.69) is 30.7 Å². The summed E-state index contributed by atoms with van der Waals surface area (Å²) in [6.07, 6.45) is 2.75. The van der Waals surface area contributed by atoms with Gasteiger partial charge in [0.1, 0.15) is 5.82 Å². The lowest BCUT2D eigenvalue weighted by atomic mass is 10.2. The molecule has 1 aromatic heterocycles. The summed E-state index contributed by atoms with van der Waals surface area (Å²) in [5.41, 5.74) is 0.670. The first-order valence-corrected chi connectivity index (χ1v) is 5.80. The molecule has 1 heterocycles. The van der Waals surface area contributed by atoms with E-state index in [-0.39, 0.29) is 5.78 Å². The molecule has 0 bridgehead atoms. The fourth-order valence-corrected chi connectivity index (χ4v) is 1.64. The molecule has 0 radical (unpaired) electrons. The highest BCUT2D eigenvalue weighted by molar-refractivity contribution is 5.93. The summed E-state index contributed by atoms with van der Waals surface area (Å²) in [6, 6.07) is 4.19. The molecule has 88 valence electrons. The molecular formula is C13H20N2O. The molecule has 1 rings (SSSR count). The van der Waals surface area contributed by atoms with Crippen LogP contribution in [0, 0.1) is 0 Å². The maximum Gasteiger partial charge on any atom is 0.161 e. The number of aromatic nitrogens is 1. The SMILES string of the molecule is CCCN(c1ccc(C(C)=O)cn1)C(C)C. The van der Waals surface area contributed by atoms with Crippen molar-refractivity contribution in [3.8, 4) is 0 Å². The van der Waals surface area contributed by atoms with Crippen LogP contribution in [0.2, 0.25) is 0 Å². The minimum absolute atomic E-state index is 0.0608. The third-order valence-electron chi connectivity index (χ3n) is 2.54. The molecule has 3 heteroatoms. The van der Waals surface area contributed by atoms with Gasteiger partial charge in [0.05, 0.1) is 0 Å². The second-order valence-corrected chi connectivity index (χ2v) is 4.25. The van der Waals surface area contributed by atoms with Crippen LogP contribution in [0.15, 0.2) is 18.3 Å². The van der Waals surface area contributed by atoms with Crippen LogP contribution in [-0.2, 0) is 0 Å². The number of hydrogen-bond acceptors (Lipinski definition) is 3. The Morgan fingerprint density at radius 2 is 2.12 bits per heavy atom. The molecule has 0 aliphatic rings. The normalized spacial score (nSPS) is 10.6. The van der Waals surface area contributed by atoms with Crippen molar-refractivity contribution >= 4 is 11.6 Å². The molecule has 1 aromatic rings. The molecule has 0 spiro atoms. The zero-order valence-corrected chi connectivity index (χ0v) is 10.5. The van der Waals surface area contributed by atoms with Crippen molar-refractivity contribution in [2.24, 2.45) is 0 Å². The van der Waals surface area contributed by atoms with Crippen molar-refractivity contribution in [3.63, 3.8) is 0 Å². The molecule has 0 N–H and O–H groups in total. The van der Waals surface area contributed by atoms with Gasteiger partial charge in [0.2, 0.25) is 0 Å². The Kier molecular flexibility index (Phi) is 4.47. The van der Waals surface area contributed by atoms with E-state index >= 15 is 0 Å². The van der Waals surface area contributed by atoms with Crippen molar-refractivity contribution in [3.05, 3.63) is 23.9 Å². The molecule has 0 saturated heterocycles. The molecule has 0 amide bonds. The third kappa shape index (κ3) is 3.05. The van der Waals surface area contributed by atoms with Gasteiger partial charge >= 0.3 is 0 Å². The van der Waals surface area contributed by atoms with Crippen LogP contribution in [0.25, 0.3) is 0 Å². The monoisotopic (exact) mass is 220 g/mol. The van der Waals surface area contributed by atoms with E-state index < -0.39 is 0 Å². The quantitative estimate of drug-likeness (QED) is 0.715. The summed E-state index contributed by atoms with van der Waals surface area (Å²) in [5, 5.41) is 0. The maximum absolute atomic E-state index is 11.1. The Bertz CT molecular complexity index is 343. The van der Waals surface area contributed by atoms with Crippen molar-refractivity contribution in [2.75, 3.05) is 11.4 Å². The van der Waals surface area contributed by atoms with Gasteiger partial charge in [-0.15, -0.1) is 0 Å². The van der Waals surface area contributed by atoms with E-state index in [4.69, 9.17) is 0 Å². The zero-order chi connectivity index (χ0) is 12.1. The molecule has 0 saturated carbocycles. The largest absolute Gasteiger partial charge is 0.354 e. The number of rotatable bonds is 5. The Morgan fingerprint density at radius 1 is 1.44 bits per heavy atom. The van der Waals surface area contributed by atoms with E-state index in [0.29, 0.717) is 11.6 Å². The highest BCUT2D eigenvalue weighted by Crippen LogP contribution is 2.15. The van der Waals surface area contributed by atoms with Crippen LogP contribution in [0.5, 0.6) is 0 Å². The average molecular weight is 220 g/mol. The number of pyridine rings is 1. The van der Waals surface area contributed by atoms with Crippen LogP contribution < -0.4 is 4.90 Å². The number of nitrogens with zero attached hydrogens (tertiary/aromatic N) is 2. The predicted molar refractivity (Wildman–Crippen MR) is 67.0 cm³/mol. The molecule has 3 nitrogen and oxygen atoms in total. The van der Waals surface area contributed by atoms with Crippen LogP contribution in [0.4, 0.5) is 5.82 Å². The topological polar surface area (TPSA) is 33.2 Å². The fourth-order valence-electron chi connectivity index (χ4n) is 1.64. The lowest BCUT2D eigenvalue weighted by Gasteiger charge is -2.27. The zero-order valence-electron chi connectivity index (χ0n) is 10.5. The third-order valence-corrected chi connectivity index (χ3v) is 2.54. The van der Waals surface area contributed by atoms with Gasteiger partial charge in [-0.2, -0.15) is 0 Å². The minimum atomic E-state index is 0.0608. The van der Waals surface area contributed by atoms with Gasteiger partial charge in [-0.25, -0.2) is 4.98 Å². The van der Waals surface area contributed by atoms with Crippen molar-refractivity contribution in [1.29, 1.82) is 0 Å². The van der Waals surface area contributed by atoms with E-state index in [1.54, 1.807) is 13.1 Å². The smallest absolute Gasteiger partial charge is 0.161 e. The lowest BCUT2D eigenvalue weighted by Crippen LogP contribution is -2.32. The maximum atomic E-state index is 11.1. The summed E-state index contributed by atoms with van der Waals surface area (Å²) in [5.74, 6) is 1.01. The van der Waals surface area contributed by atoms with E-state index in [1.807, 2.05) is 12.1 Å². The van der Waals surface area contributed by atoms with Gasteiger partial charge in [-0.1, -0.05) is 6.92 Å². The number of ketones is 1. The number of Topliss-reactive ketones (excluding diaryl/α,β-unsaturated/α-hetero) is 1. The van der Waals surface area contributed by atoms with Crippen LogP contribution in [0.3, 0.4) is 0 Å². The lowest BCUT2D eigenvalue weighted by molar-refractivity contribution is 0.101. The Hall–Kier alpha value is -1.38. The second-order valence-electron chi connectivity index (χ2n) is 4.25. The Balaban J connectivity index is 2.89. The van der Waals surface area contributed by atoms with Crippen molar-refractivity contribution in [2.45, 2.75) is 40.2 Å². The molecular weight excluding hydrogens is 200 g/mol. The molecule has 0 aromatic carbocycles. The van der Waals surface area contributed by atoms with Gasteiger partial charge < -0.3 is 4.90 Å². The van der Waals surface area contributed by atoms with E-state index in [9.17, 15) is 4.79 Å². The standard InChI is InChI=1S/C13H20N2O/c1-5-8-15(10(2)3)13-7-6-12(9-14-13)11(4)16/h6-7,9-10H,5,8H2,1-4H3. The van der Waals surface area contributed by atoms with Crippen molar-refractivity contribution < 1.29 is 4.79 Å². The highest BCUT2D eigenvalue weighted by atomic mass is 16.1. The fraction of sp³-hybridized carbons (Fsp3) is 0.538. The number of anilines is 1. The Morgan fingerprint density at radius 3 is 2.50 bits per heavy atom. The van der Waals surface area contributed by atoms with Crippen LogP contribution in [0.1, 0.15) is 44.5 Å². The van der Waals surface area contributed by atoms with Crippen LogP contribution in [-0.4, -0.2) is 23.4 Å². The number of carbonyl (C=O) groups is 1. The second kappa shape index (κ2) is 5.64. The van der Waals surface area contributed by atoms with Gasteiger partial charge in [-0.3, -0.25) is 4.79 Å². The first-order chi connectivity index (χ1) is 7.56. The summed E-state index contributed by atoms with van der Waals surface area (Å²) < 4.78 is 0. The molecule has 0 aliphatic heterocycles. The van der Waals surface area contributed by atoms with Crippen LogP contribution >= 0.6 is 0 Å². The van der Waals surface area contributed by atoms with Gasteiger partial charge in [0.15, 0.2) is 5.78 Å². The number of carbonyl (C=O) groups excluding carboxylic acids is 1. The Labute approximate surface area is 97.5 Å². The van der Waals surface area contributed by atoms with E-state index in [1.165, 1.54) is 0 Å². The summed E-state index contributed by atoms with van der Waals surface area (Å²) in [7, 11) is 0. The predicted octanol–water partition coefficient (Wildman–Crippen LogP) is 2.91. The highest BCUT2D eigenvalue weighted by Gasteiger charge is 2.10. The molecule has 16 heavy (non-hydrogen) atoms. The van der Waals surface area contributed by atoms with Gasteiger partial charge in [-0.05, 0) is 39.3 Å². The molecule has 0 fully saturated rings. The summed E-state index contributed by atoms with van der Waals surface area (Å²) in [6.45, 7) is 9.00. The average Bonchev–Trinajstić information content (AvgIpc) is 2.25. The summed E-state index contributed by atoms with van der Waals surface area (Å²) in [4.78, 5) is 17.7. The number of hydrogen-bond donors (Lipinski definition) is 0. The summed E-state index contributed by atoms with van der Waals surface area (Å²) >= 11 is 0. The van der Waals surface area contributed by atoms with Gasteiger partial charge in [0.25, 0.3) is 0 Å². The van der Waals surface area contributed by atoms with Gasteiger partial charge in [0, 0.05) is 24.3 Å². The molecule has 0 aliphatic carbocycles. The first kappa shape index (κ1) is 12.7. The molecule has 0 atom stereocenters. The van der Waals surface area contributed by atoms with Crippen molar-refractivity contribution in [1.82, 2.24) is 4.98 Å². The molecule has 0 unspecified atom stereocenters. The van der Waals surface area contributed by atoms with E-state index in [0.717, 1.165) is 18.8 Å².